The van der Waals surface area contributed by atoms with Gasteiger partial charge < -0.3 is 10.2 Å². The summed E-state index contributed by atoms with van der Waals surface area (Å²) in [6.45, 7) is 4.44. The van der Waals surface area contributed by atoms with Crippen LogP contribution in [-0.2, 0) is 9.59 Å². The van der Waals surface area contributed by atoms with Crippen molar-refractivity contribution in [3.05, 3.63) is 12.2 Å². The molecule has 178 valence electrons. The van der Waals surface area contributed by atoms with Gasteiger partial charge in [-0.3, -0.25) is 9.59 Å². The van der Waals surface area contributed by atoms with Gasteiger partial charge in [-0.2, -0.15) is 0 Å². The zero-order valence-corrected chi connectivity index (χ0v) is 20.0. The Labute approximate surface area is 186 Å². The first-order valence-electron chi connectivity index (χ1n) is 12.6. The Morgan fingerprint density at radius 3 is 1.23 bits per heavy atom. The van der Waals surface area contributed by atoms with E-state index in [0.717, 1.165) is 25.7 Å². The van der Waals surface area contributed by atoms with Gasteiger partial charge in [0.1, 0.15) is 0 Å². The van der Waals surface area contributed by atoms with Crippen LogP contribution in [0.25, 0.3) is 0 Å². The number of hydrogen-bond acceptors (Lipinski definition) is 2. The fraction of sp³-hybridized carbons (Fsp3) is 0.846. The Bertz CT molecular complexity index is 390. The molecule has 0 heterocycles. The third-order valence-electron chi connectivity index (χ3n) is 5.15. The topological polar surface area (TPSA) is 74.6 Å². The van der Waals surface area contributed by atoms with Crippen LogP contribution in [-0.4, -0.2) is 22.2 Å². The Kier molecular flexibility index (Phi) is 28.5. The minimum atomic E-state index is -0.668. The van der Waals surface area contributed by atoms with Crippen molar-refractivity contribution >= 4 is 11.9 Å². The van der Waals surface area contributed by atoms with Gasteiger partial charge in [-0.1, -0.05) is 109 Å². The number of rotatable bonds is 21. The molecule has 0 rings (SSSR count). The highest BCUT2D eigenvalue weighted by molar-refractivity contribution is 5.66. The van der Waals surface area contributed by atoms with Crippen LogP contribution in [0.1, 0.15) is 142 Å². The molecule has 4 heteroatoms. The Hall–Kier alpha value is -1.32. The summed E-state index contributed by atoms with van der Waals surface area (Å²) in [6, 6.07) is 0. The Morgan fingerprint density at radius 1 is 0.500 bits per heavy atom. The van der Waals surface area contributed by atoms with E-state index in [9.17, 15) is 9.59 Å². The van der Waals surface area contributed by atoms with Crippen LogP contribution < -0.4 is 0 Å². The molecule has 0 aromatic rings. The van der Waals surface area contributed by atoms with Crippen molar-refractivity contribution < 1.29 is 19.8 Å². The molecular weight excluding hydrogens is 376 g/mol. The fourth-order valence-electron chi connectivity index (χ4n) is 3.21. The lowest BCUT2D eigenvalue weighted by Crippen LogP contribution is -1.93. The van der Waals surface area contributed by atoms with Gasteiger partial charge in [-0.25, -0.2) is 0 Å². The monoisotopic (exact) mass is 426 g/mol. The molecule has 0 fully saturated rings. The molecular formula is C26H50O4. The summed E-state index contributed by atoms with van der Waals surface area (Å²) in [5, 5.41) is 16.9. The molecule has 0 radical (unpaired) electrons. The second-order valence-electron chi connectivity index (χ2n) is 8.29. The molecule has 4 nitrogen and oxygen atoms in total. The first kappa shape index (κ1) is 30.9. The van der Waals surface area contributed by atoms with Gasteiger partial charge in [0.2, 0.25) is 0 Å². The molecule has 0 bridgehead atoms. The normalized spacial score (nSPS) is 10.7. The highest BCUT2D eigenvalue weighted by atomic mass is 16.4. The van der Waals surface area contributed by atoms with Gasteiger partial charge >= 0.3 is 11.9 Å². The molecule has 0 aromatic carbocycles. The summed E-state index contributed by atoms with van der Waals surface area (Å²) in [7, 11) is 0. The number of allylic oxidation sites excluding steroid dienone is 2. The van der Waals surface area contributed by atoms with E-state index in [1.54, 1.807) is 0 Å². The van der Waals surface area contributed by atoms with E-state index < -0.39 is 11.9 Å². The quantitative estimate of drug-likeness (QED) is 0.142. The van der Waals surface area contributed by atoms with Crippen molar-refractivity contribution in [3.8, 4) is 0 Å². The number of carboxylic acids is 2. The van der Waals surface area contributed by atoms with E-state index in [0.29, 0.717) is 12.8 Å². The van der Waals surface area contributed by atoms with Gasteiger partial charge in [-0.05, 0) is 32.1 Å². The summed E-state index contributed by atoms with van der Waals surface area (Å²) in [5.74, 6) is -1.33. The van der Waals surface area contributed by atoms with E-state index in [1.165, 1.54) is 89.9 Å². The van der Waals surface area contributed by atoms with Crippen molar-refractivity contribution in [1.29, 1.82) is 0 Å². The van der Waals surface area contributed by atoms with Crippen molar-refractivity contribution in [2.75, 3.05) is 0 Å². The molecule has 30 heavy (non-hydrogen) atoms. The van der Waals surface area contributed by atoms with Crippen LogP contribution in [0.2, 0.25) is 0 Å². The largest absolute Gasteiger partial charge is 0.481 e. The van der Waals surface area contributed by atoms with Crippen LogP contribution >= 0.6 is 0 Å². The molecule has 0 amide bonds. The van der Waals surface area contributed by atoms with Gasteiger partial charge in [0, 0.05) is 12.8 Å². The Morgan fingerprint density at radius 2 is 0.833 bits per heavy atom. The predicted octanol–water partition coefficient (Wildman–Crippen LogP) is 8.54. The van der Waals surface area contributed by atoms with Crippen molar-refractivity contribution in [3.63, 3.8) is 0 Å². The maximum atomic E-state index is 10.3. The molecule has 0 spiro atoms. The molecule has 0 saturated heterocycles. The standard InChI is InChI=1S/C14H26O2.C12H24O2/c1-2-3-4-5-6-7-8-9-10-11-12-13-14(15)16;1-2-3-4-5-6-7-8-9-10-11-12(13)14/h5-6H,2-4,7-13H2,1H3,(H,15,16);2-11H2,1H3,(H,13,14)/b6-5-;. The SMILES string of the molecule is CCCC/C=C\CCCCCCCC(=O)O.CCCCCCCCCCCC(=O)O. The highest BCUT2D eigenvalue weighted by Crippen LogP contribution is 2.10. The van der Waals surface area contributed by atoms with Crippen LogP contribution in [0.5, 0.6) is 0 Å². The van der Waals surface area contributed by atoms with Gasteiger partial charge in [0.25, 0.3) is 0 Å². The molecule has 0 aliphatic carbocycles. The number of unbranched alkanes of at least 4 members (excludes halogenated alkanes) is 15. The second kappa shape index (κ2) is 27.7. The van der Waals surface area contributed by atoms with Gasteiger partial charge in [-0.15, -0.1) is 0 Å². The van der Waals surface area contributed by atoms with Crippen LogP contribution in [0, 0.1) is 0 Å². The van der Waals surface area contributed by atoms with Crippen LogP contribution in [0.3, 0.4) is 0 Å². The zero-order chi connectivity index (χ0) is 22.7. The lowest BCUT2D eigenvalue weighted by atomic mass is 10.1. The predicted molar refractivity (Wildman–Crippen MR) is 128 cm³/mol. The van der Waals surface area contributed by atoms with Crippen LogP contribution in [0.15, 0.2) is 12.2 Å². The van der Waals surface area contributed by atoms with E-state index in [2.05, 4.69) is 26.0 Å². The lowest BCUT2D eigenvalue weighted by Gasteiger charge is -2.00. The number of hydrogen-bond donors (Lipinski definition) is 2. The minimum absolute atomic E-state index is 0.330. The molecule has 0 aromatic heterocycles. The summed E-state index contributed by atoms with van der Waals surface area (Å²) in [5.41, 5.74) is 0. The van der Waals surface area contributed by atoms with Crippen LogP contribution in [0.4, 0.5) is 0 Å². The average molecular weight is 427 g/mol. The third-order valence-corrected chi connectivity index (χ3v) is 5.15. The fourth-order valence-corrected chi connectivity index (χ4v) is 3.21. The first-order valence-corrected chi connectivity index (χ1v) is 12.6. The lowest BCUT2D eigenvalue weighted by molar-refractivity contribution is -0.138. The summed E-state index contributed by atoms with van der Waals surface area (Å²) in [6.07, 6.45) is 26.9. The van der Waals surface area contributed by atoms with E-state index >= 15 is 0 Å². The molecule has 0 atom stereocenters. The number of carboxylic acid groups (broad SMARTS) is 2. The second-order valence-corrected chi connectivity index (χ2v) is 8.29. The minimum Gasteiger partial charge on any atom is -0.481 e. The maximum absolute atomic E-state index is 10.3. The molecule has 0 aliphatic heterocycles. The van der Waals surface area contributed by atoms with Gasteiger partial charge in [0.15, 0.2) is 0 Å². The third kappa shape index (κ3) is 34.2. The molecule has 0 unspecified atom stereocenters. The summed E-state index contributed by atoms with van der Waals surface area (Å²) >= 11 is 0. The van der Waals surface area contributed by atoms with Gasteiger partial charge in [0.05, 0.1) is 0 Å². The molecule has 0 aliphatic rings. The maximum Gasteiger partial charge on any atom is 0.303 e. The summed E-state index contributed by atoms with van der Waals surface area (Å²) < 4.78 is 0. The average Bonchev–Trinajstić information content (AvgIpc) is 2.71. The van der Waals surface area contributed by atoms with Crippen molar-refractivity contribution in [1.82, 2.24) is 0 Å². The van der Waals surface area contributed by atoms with Crippen molar-refractivity contribution in [2.24, 2.45) is 0 Å². The van der Waals surface area contributed by atoms with E-state index in [1.807, 2.05) is 0 Å². The molecule has 0 saturated carbocycles. The zero-order valence-electron chi connectivity index (χ0n) is 20.0. The smallest absolute Gasteiger partial charge is 0.303 e. The Balaban J connectivity index is 0. The first-order chi connectivity index (χ1) is 14.5. The summed E-state index contributed by atoms with van der Waals surface area (Å²) in [4.78, 5) is 20.5. The van der Waals surface area contributed by atoms with Crippen molar-refractivity contribution in [2.45, 2.75) is 142 Å². The number of aliphatic carboxylic acids is 2. The van der Waals surface area contributed by atoms with E-state index in [4.69, 9.17) is 10.2 Å². The number of carbonyl (C=O) groups is 2. The van der Waals surface area contributed by atoms with E-state index in [-0.39, 0.29) is 0 Å². The molecule has 2 N–H and O–H groups in total. The highest BCUT2D eigenvalue weighted by Gasteiger charge is 1.97.